The van der Waals surface area contributed by atoms with Gasteiger partial charge in [-0.2, -0.15) is 5.10 Å². The number of nitrogens with one attached hydrogen (secondary N) is 1. The van der Waals surface area contributed by atoms with Gasteiger partial charge in [0.15, 0.2) is 17.5 Å². The molecule has 5 nitrogen and oxygen atoms in total. The van der Waals surface area contributed by atoms with E-state index in [0.29, 0.717) is 24.5 Å². The van der Waals surface area contributed by atoms with Crippen LogP contribution in [0, 0.1) is 11.6 Å². The molecule has 1 N–H and O–H groups in total. The number of likely N-dealkylation sites (tertiary alicyclic amines) is 1. The Morgan fingerprint density at radius 2 is 2.22 bits per heavy atom. The van der Waals surface area contributed by atoms with Crippen molar-refractivity contribution in [3.8, 4) is 0 Å². The molecule has 2 heterocycles. The highest BCUT2D eigenvalue weighted by Crippen LogP contribution is 2.24. The molecule has 1 aromatic heterocycles. The third-order valence-corrected chi connectivity index (χ3v) is 3.96. The summed E-state index contributed by atoms with van der Waals surface area (Å²) in [5.41, 5.74) is 0.366. The van der Waals surface area contributed by atoms with E-state index in [1.54, 1.807) is 12.1 Å². The highest BCUT2D eigenvalue weighted by Gasteiger charge is 2.25. The predicted octanol–water partition coefficient (Wildman–Crippen LogP) is 2.57. The number of hydrogen-bond donors (Lipinski definition) is 1. The van der Waals surface area contributed by atoms with E-state index < -0.39 is 11.6 Å². The van der Waals surface area contributed by atoms with E-state index >= 15 is 0 Å². The second-order valence-electron chi connectivity index (χ2n) is 5.75. The first-order valence-corrected chi connectivity index (χ1v) is 7.51. The summed E-state index contributed by atoms with van der Waals surface area (Å²) in [5.74, 6) is -1.23. The lowest BCUT2D eigenvalue weighted by atomic mass is 10.2. The normalized spacial score (nSPS) is 18.3. The van der Waals surface area contributed by atoms with Crippen LogP contribution in [0.15, 0.2) is 30.5 Å². The number of nitrogens with zero attached hydrogens (tertiary/aromatic N) is 3. The highest BCUT2D eigenvalue weighted by molar-refractivity contribution is 5.87. The first-order valence-electron chi connectivity index (χ1n) is 7.51. The molecule has 0 saturated carbocycles. The highest BCUT2D eigenvalue weighted by atomic mass is 19.2. The van der Waals surface area contributed by atoms with Crippen LogP contribution in [-0.4, -0.2) is 33.7 Å². The van der Waals surface area contributed by atoms with Gasteiger partial charge in [0.1, 0.15) is 0 Å². The number of amides is 1. The van der Waals surface area contributed by atoms with Crippen LogP contribution in [0.4, 0.5) is 14.6 Å². The number of anilines is 1. The molecule has 1 aromatic carbocycles. The molecule has 1 aliphatic rings. The van der Waals surface area contributed by atoms with Crippen molar-refractivity contribution in [1.82, 2.24) is 14.7 Å². The molecule has 1 saturated heterocycles. The summed E-state index contributed by atoms with van der Waals surface area (Å²) in [6.45, 7) is 3.30. The van der Waals surface area contributed by atoms with Gasteiger partial charge in [0.05, 0.1) is 6.04 Å². The first-order chi connectivity index (χ1) is 11.0. The smallest absolute Gasteiger partial charge is 0.222 e. The SMILES string of the molecule is CC(=O)Nc1ccn(C2CCN(Cc3cccc(F)c3F)C2)n1. The number of halogens is 2. The minimum Gasteiger partial charge on any atom is -0.309 e. The van der Waals surface area contributed by atoms with E-state index in [1.807, 2.05) is 10.9 Å². The Labute approximate surface area is 132 Å². The summed E-state index contributed by atoms with van der Waals surface area (Å²) in [7, 11) is 0. The van der Waals surface area contributed by atoms with Crippen LogP contribution in [0.3, 0.4) is 0 Å². The summed E-state index contributed by atoms with van der Waals surface area (Å²) < 4.78 is 28.8. The maximum absolute atomic E-state index is 13.7. The molecular formula is C16H18F2N4O. The van der Waals surface area contributed by atoms with Gasteiger partial charge in [0, 0.05) is 44.4 Å². The fraction of sp³-hybridized carbons (Fsp3) is 0.375. The van der Waals surface area contributed by atoms with Crippen LogP contribution < -0.4 is 5.32 Å². The van der Waals surface area contributed by atoms with Gasteiger partial charge < -0.3 is 5.32 Å². The number of hydrogen-bond acceptors (Lipinski definition) is 3. The Hall–Kier alpha value is -2.28. The van der Waals surface area contributed by atoms with Crippen molar-refractivity contribution in [2.75, 3.05) is 18.4 Å². The van der Waals surface area contributed by atoms with E-state index in [4.69, 9.17) is 0 Å². The number of carbonyl (C=O) groups excluding carboxylic acids is 1. The van der Waals surface area contributed by atoms with Crippen molar-refractivity contribution < 1.29 is 13.6 Å². The van der Waals surface area contributed by atoms with E-state index in [2.05, 4.69) is 15.3 Å². The molecule has 0 aliphatic carbocycles. The van der Waals surface area contributed by atoms with Crippen LogP contribution in [0.1, 0.15) is 24.9 Å². The molecule has 0 radical (unpaired) electrons. The van der Waals surface area contributed by atoms with Gasteiger partial charge in [-0.15, -0.1) is 0 Å². The van der Waals surface area contributed by atoms with Gasteiger partial charge in [0.25, 0.3) is 0 Å². The lowest BCUT2D eigenvalue weighted by Crippen LogP contribution is -2.22. The predicted molar refractivity (Wildman–Crippen MR) is 81.8 cm³/mol. The van der Waals surface area contributed by atoms with E-state index in [1.165, 1.54) is 13.0 Å². The van der Waals surface area contributed by atoms with E-state index in [0.717, 1.165) is 19.0 Å². The Bertz CT molecular complexity index is 716. The first kappa shape index (κ1) is 15.6. The zero-order valence-corrected chi connectivity index (χ0v) is 12.8. The second kappa shape index (κ2) is 6.45. The molecule has 1 atom stereocenters. The van der Waals surface area contributed by atoms with Gasteiger partial charge >= 0.3 is 0 Å². The quantitative estimate of drug-likeness (QED) is 0.942. The Kier molecular flexibility index (Phi) is 4.38. The number of carbonyl (C=O) groups is 1. The van der Waals surface area contributed by atoms with Crippen molar-refractivity contribution >= 4 is 11.7 Å². The van der Waals surface area contributed by atoms with Gasteiger partial charge in [-0.05, 0) is 12.5 Å². The van der Waals surface area contributed by atoms with Crippen LogP contribution in [0.2, 0.25) is 0 Å². The van der Waals surface area contributed by atoms with Crippen LogP contribution >= 0.6 is 0 Å². The van der Waals surface area contributed by atoms with Gasteiger partial charge in [0.2, 0.25) is 5.91 Å². The summed E-state index contributed by atoms with van der Waals surface area (Å²) in [6, 6.07) is 6.16. The van der Waals surface area contributed by atoms with E-state index in [9.17, 15) is 13.6 Å². The topological polar surface area (TPSA) is 50.2 Å². The maximum atomic E-state index is 13.7. The molecule has 122 valence electrons. The fourth-order valence-corrected chi connectivity index (χ4v) is 2.87. The van der Waals surface area contributed by atoms with Crippen molar-refractivity contribution in [2.24, 2.45) is 0 Å². The second-order valence-corrected chi connectivity index (χ2v) is 5.75. The van der Waals surface area contributed by atoms with Crippen molar-refractivity contribution in [3.63, 3.8) is 0 Å². The number of rotatable bonds is 4. The molecule has 0 bridgehead atoms. The molecule has 3 rings (SSSR count). The Morgan fingerprint density at radius 3 is 3.00 bits per heavy atom. The summed E-state index contributed by atoms with van der Waals surface area (Å²) in [6.07, 6.45) is 2.69. The molecule has 1 aliphatic heterocycles. The minimum absolute atomic E-state index is 0.161. The monoisotopic (exact) mass is 320 g/mol. The minimum atomic E-state index is -0.815. The Balaban J connectivity index is 1.63. The largest absolute Gasteiger partial charge is 0.309 e. The molecule has 0 spiro atoms. The zero-order chi connectivity index (χ0) is 16.4. The standard InChI is InChI=1S/C16H18F2N4O/c1-11(23)19-15-6-8-22(20-15)13-5-7-21(10-13)9-12-3-2-4-14(17)16(12)18/h2-4,6,8,13H,5,7,9-10H2,1H3,(H,19,20,23). The average molecular weight is 320 g/mol. The number of benzene rings is 1. The molecule has 1 amide bonds. The van der Waals surface area contributed by atoms with Gasteiger partial charge in [-0.25, -0.2) is 8.78 Å². The molecule has 2 aromatic rings. The fourth-order valence-electron chi connectivity index (χ4n) is 2.87. The lowest BCUT2D eigenvalue weighted by Gasteiger charge is -2.16. The average Bonchev–Trinajstić information content (AvgIpc) is 3.12. The van der Waals surface area contributed by atoms with Crippen molar-refractivity contribution in [2.45, 2.75) is 25.9 Å². The molecule has 7 heteroatoms. The molecular weight excluding hydrogens is 302 g/mol. The molecule has 23 heavy (non-hydrogen) atoms. The third-order valence-electron chi connectivity index (χ3n) is 3.96. The lowest BCUT2D eigenvalue weighted by molar-refractivity contribution is -0.114. The maximum Gasteiger partial charge on any atom is 0.222 e. The van der Waals surface area contributed by atoms with Gasteiger partial charge in [-0.1, -0.05) is 12.1 Å². The van der Waals surface area contributed by atoms with Crippen LogP contribution in [0.5, 0.6) is 0 Å². The summed E-state index contributed by atoms with van der Waals surface area (Å²) >= 11 is 0. The summed E-state index contributed by atoms with van der Waals surface area (Å²) in [5, 5.41) is 6.97. The van der Waals surface area contributed by atoms with Crippen LogP contribution in [-0.2, 0) is 11.3 Å². The number of aromatic nitrogens is 2. The molecule has 1 fully saturated rings. The zero-order valence-electron chi connectivity index (χ0n) is 12.8. The summed E-state index contributed by atoms with van der Waals surface area (Å²) in [4.78, 5) is 13.1. The molecule has 1 unspecified atom stereocenters. The van der Waals surface area contributed by atoms with E-state index in [-0.39, 0.29) is 11.9 Å². The Morgan fingerprint density at radius 1 is 1.39 bits per heavy atom. The van der Waals surface area contributed by atoms with Crippen molar-refractivity contribution in [1.29, 1.82) is 0 Å². The van der Waals surface area contributed by atoms with Crippen molar-refractivity contribution in [3.05, 3.63) is 47.7 Å². The third kappa shape index (κ3) is 3.56. The van der Waals surface area contributed by atoms with Crippen LogP contribution in [0.25, 0.3) is 0 Å². The van der Waals surface area contributed by atoms with Gasteiger partial charge in [-0.3, -0.25) is 14.4 Å².